The van der Waals surface area contributed by atoms with Crippen LogP contribution in [0.3, 0.4) is 0 Å². The number of nitrogens with two attached hydrogens (primary N) is 1. The van der Waals surface area contributed by atoms with Crippen LogP contribution in [0.5, 0.6) is 0 Å². The van der Waals surface area contributed by atoms with Crippen molar-refractivity contribution in [3.63, 3.8) is 0 Å². The van der Waals surface area contributed by atoms with Crippen LogP contribution in [-0.2, 0) is 0 Å². The Morgan fingerprint density at radius 1 is 1.32 bits per heavy atom. The highest BCUT2D eigenvalue weighted by Gasteiger charge is 2.28. The monoisotopic (exact) mass is 388 g/mol. The summed E-state index contributed by atoms with van der Waals surface area (Å²) in [6.45, 7) is 6.07. The third-order valence-electron chi connectivity index (χ3n) is 2.66. The van der Waals surface area contributed by atoms with Crippen molar-refractivity contribution in [3.05, 3.63) is 27.1 Å². The summed E-state index contributed by atoms with van der Waals surface area (Å²) in [4.78, 5) is 8.59. The third-order valence-corrected chi connectivity index (χ3v) is 3.70. The number of nitrogens with zero attached hydrogens (tertiary/aromatic N) is 3. The van der Waals surface area contributed by atoms with E-state index in [1.165, 1.54) is 0 Å². The fourth-order valence-corrected chi connectivity index (χ4v) is 2.57. The minimum atomic E-state index is -0.317. The zero-order valence-electron chi connectivity index (χ0n) is 10.8. The van der Waals surface area contributed by atoms with Gasteiger partial charge in [-0.05, 0) is 43.3 Å². The highest BCUT2D eigenvalue weighted by molar-refractivity contribution is 9.11. The zero-order chi connectivity index (χ0) is 14.2. The molecule has 0 spiro atoms. The molecule has 0 saturated heterocycles. The van der Waals surface area contributed by atoms with Crippen molar-refractivity contribution in [3.8, 4) is 11.5 Å². The average Bonchev–Trinajstić information content (AvgIpc) is 2.75. The van der Waals surface area contributed by atoms with Gasteiger partial charge >= 0.3 is 0 Å². The third kappa shape index (κ3) is 3.21. The number of aromatic nitrogens is 3. The summed E-state index contributed by atoms with van der Waals surface area (Å²) in [5.74, 6) is 0.841. The summed E-state index contributed by atoms with van der Waals surface area (Å²) >= 11 is 6.77. The smallest absolute Gasteiger partial charge is 0.244 e. The molecular formula is C12H14Br2N4O. The first-order valence-corrected chi connectivity index (χ1v) is 7.28. The van der Waals surface area contributed by atoms with E-state index >= 15 is 0 Å². The van der Waals surface area contributed by atoms with Gasteiger partial charge in [0.1, 0.15) is 5.69 Å². The van der Waals surface area contributed by atoms with Crippen molar-refractivity contribution < 1.29 is 4.52 Å². The molecule has 0 amide bonds. The van der Waals surface area contributed by atoms with Gasteiger partial charge in [0.2, 0.25) is 11.7 Å². The molecule has 102 valence electrons. The summed E-state index contributed by atoms with van der Waals surface area (Å²) in [6, 6.07) is 1.56. The maximum atomic E-state index is 6.09. The highest BCUT2D eigenvalue weighted by Crippen LogP contribution is 2.31. The van der Waals surface area contributed by atoms with Gasteiger partial charge in [0.25, 0.3) is 0 Å². The van der Waals surface area contributed by atoms with Crippen molar-refractivity contribution in [2.75, 3.05) is 0 Å². The molecule has 0 radical (unpaired) electrons. The molecule has 2 N–H and O–H groups in total. The summed E-state index contributed by atoms with van der Waals surface area (Å²) in [7, 11) is 0. The molecule has 2 aromatic heterocycles. The number of hydrogen-bond donors (Lipinski definition) is 1. The SMILES string of the molecule is CC(C)(C)[C@H](N)c1nc(-c2ncc(Br)cc2Br)no1. The van der Waals surface area contributed by atoms with E-state index in [0.29, 0.717) is 17.4 Å². The largest absolute Gasteiger partial charge is 0.337 e. The van der Waals surface area contributed by atoms with Gasteiger partial charge in [-0.3, -0.25) is 4.98 Å². The fourth-order valence-electron chi connectivity index (χ4n) is 1.41. The fraction of sp³-hybridized carbons (Fsp3) is 0.417. The molecule has 0 bridgehead atoms. The molecule has 0 aliphatic carbocycles. The van der Waals surface area contributed by atoms with Gasteiger partial charge in [-0.1, -0.05) is 25.9 Å². The molecule has 0 aliphatic rings. The Morgan fingerprint density at radius 2 is 2.00 bits per heavy atom. The van der Waals surface area contributed by atoms with E-state index in [-0.39, 0.29) is 11.5 Å². The van der Waals surface area contributed by atoms with E-state index in [4.69, 9.17) is 10.3 Å². The number of pyridine rings is 1. The van der Waals surface area contributed by atoms with E-state index in [1.54, 1.807) is 6.20 Å². The quantitative estimate of drug-likeness (QED) is 0.846. The van der Waals surface area contributed by atoms with Gasteiger partial charge < -0.3 is 10.3 Å². The van der Waals surface area contributed by atoms with Gasteiger partial charge in [-0.25, -0.2) is 0 Å². The first-order valence-electron chi connectivity index (χ1n) is 5.69. The summed E-state index contributed by atoms with van der Waals surface area (Å²) < 4.78 is 6.90. The van der Waals surface area contributed by atoms with E-state index in [1.807, 2.05) is 26.8 Å². The zero-order valence-corrected chi connectivity index (χ0v) is 14.0. The standard InChI is InChI=1S/C12H14Br2N4O/c1-12(2,3)9(15)11-17-10(18-19-11)8-7(14)4-6(13)5-16-8/h4-5,9H,15H2,1-3H3/t9-/m1/s1. The minimum Gasteiger partial charge on any atom is -0.337 e. The molecule has 0 saturated carbocycles. The highest BCUT2D eigenvalue weighted by atomic mass is 79.9. The first kappa shape index (κ1) is 14.6. The van der Waals surface area contributed by atoms with Gasteiger partial charge in [0.15, 0.2) is 0 Å². The number of rotatable bonds is 2. The first-order chi connectivity index (χ1) is 8.79. The summed E-state index contributed by atoms with van der Waals surface area (Å²) in [5.41, 5.74) is 6.57. The molecule has 5 nitrogen and oxygen atoms in total. The summed E-state index contributed by atoms with van der Waals surface area (Å²) in [6.07, 6.45) is 1.68. The Kier molecular flexibility index (Phi) is 4.08. The van der Waals surface area contributed by atoms with Crippen LogP contribution in [0.2, 0.25) is 0 Å². The van der Waals surface area contributed by atoms with Crippen molar-refractivity contribution in [2.45, 2.75) is 26.8 Å². The number of halogens is 2. The summed E-state index contributed by atoms with van der Waals surface area (Å²) in [5, 5.41) is 3.94. The van der Waals surface area contributed by atoms with Gasteiger partial charge in [0, 0.05) is 15.1 Å². The van der Waals surface area contributed by atoms with Crippen LogP contribution < -0.4 is 5.73 Å². The lowest BCUT2D eigenvalue weighted by Gasteiger charge is -2.23. The molecule has 0 aliphatic heterocycles. The molecular weight excluding hydrogens is 376 g/mol. The lowest BCUT2D eigenvalue weighted by Crippen LogP contribution is -2.26. The maximum Gasteiger partial charge on any atom is 0.244 e. The van der Waals surface area contributed by atoms with Crippen LogP contribution >= 0.6 is 31.9 Å². The Hall–Kier alpha value is -0.790. The predicted molar refractivity (Wildman–Crippen MR) is 79.3 cm³/mol. The van der Waals surface area contributed by atoms with Crippen molar-refractivity contribution in [1.29, 1.82) is 0 Å². The van der Waals surface area contributed by atoms with Crippen LogP contribution in [0.4, 0.5) is 0 Å². The molecule has 0 aromatic carbocycles. The Balaban J connectivity index is 2.36. The molecule has 2 rings (SSSR count). The van der Waals surface area contributed by atoms with Crippen molar-refractivity contribution >= 4 is 31.9 Å². The Labute approximate surface area is 128 Å². The molecule has 2 heterocycles. The second-order valence-electron chi connectivity index (χ2n) is 5.28. The molecule has 7 heteroatoms. The Morgan fingerprint density at radius 3 is 2.58 bits per heavy atom. The van der Waals surface area contributed by atoms with Crippen molar-refractivity contribution in [2.24, 2.45) is 11.1 Å². The van der Waals surface area contributed by atoms with Crippen molar-refractivity contribution in [1.82, 2.24) is 15.1 Å². The molecule has 2 aromatic rings. The Bertz CT molecular complexity index is 592. The topological polar surface area (TPSA) is 77.8 Å². The van der Waals surface area contributed by atoms with Crippen LogP contribution in [-0.4, -0.2) is 15.1 Å². The van der Waals surface area contributed by atoms with E-state index in [0.717, 1.165) is 8.95 Å². The maximum absolute atomic E-state index is 6.09. The van der Waals surface area contributed by atoms with Gasteiger partial charge in [-0.2, -0.15) is 4.98 Å². The molecule has 1 atom stereocenters. The van der Waals surface area contributed by atoms with Crippen LogP contribution in [0.25, 0.3) is 11.5 Å². The predicted octanol–water partition coefficient (Wildman–Crippen LogP) is 3.70. The number of hydrogen-bond acceptors (Lipinski definition) is 5. The molecule has 0 unspecified atom stereocenters. The molecule has 19 heavy (non-hydrogen) atoms. The second-order valence-corrected chi connectivity index (χ2v) is 7.05. The van der Waals surface area contributed by atoms with Crippen LogP contribution in [0, 0.1) is 5.41 Å². The van der Waals surface area contributed by atoms with E-state index < -0.39 is 0 Å². The van der Waals surface area contributed by atoms with Gasteiger partial charge in [-0.15, -0.1) is 0 Å². The average molecular weight is 390 g/mol. The second kappa shape index (κ2) is 5.30. The van der Waals surface area contributed by atoms with Gasteiger partial charge in [0.05, 0.1) is 6.04 Å². The van der Waals surface area contributed by atoms with Crippen LogP contribution in [0.15, 0.2) is 25.7 Å². The molecule has 0 fully saturated rings. The lowest BCUT2D eigenvalue weighted by molar-refractivity contribution is 0.253. The van der Waals surface area contributed by atoms with E-state index in [9.17, 15) is 0 Å². The van der Waals surface area contributed by atoms with E-state index in [2.05, 4.69) is 47.0 Å². The van der Waals surface area contributed by atoms with Crippen LogP contribution in [0.1, 0.15) is 32.7 Å². The lowest BCUT2D eigenvalue weighted by atomic mass is 9.87. The minimum absolute atomic E-state index is 0.145. The normalized spacial score (nSPS) is 13.6.